The number of thiazole rings is 1. The molecule has 1 aliphatic heterocycles. The van der Waals surface area contributed by atoms with Gasteiger partial charge in [0.2, 0.25) is 0 Å². The minimum Gasteiger partial charge on any atom is -0.496 e. The monoisotopic (exact) mass is 645 g/mol. The number of nitrogens with zero attached hydrogens (tertiary/aromatic N) is 3. The van der Waals surface area contributed by atoms with Gasteiger partial charge in [-0.15, -0.1) is 0 Å². The Morgan fingerprint density at radius 2 is 1.88 bits per heavy atom. The number of ether oxygens (including phenoxy) is 4. The number of fused-ring (bicyclic) bond motifs is 1. The van der Waals surface area contributed by atoms with Crippen molar-refractivity contribution in [2.24, 2.45) is 4.99 Å². The average Bonchev–Trinajstić information content (AvgIpc) is 3.26. The van der Waals surface area contributed by atoms with Crippen molar-refractivity contribution in [3.8, 4) is 17.2 Å². The summed E-state index contributed by atoms with van der Waals surface area (Å²) in [5.41, 5.74) is 0.924. The van der Waals surface area contributed by atoms with E-state index >= 15 is 0 Å². The number of aromatic nitrogens is 1. The third-order valence-electron chi connectivity index (χ3n) is 6.37. The van der Waals surface area contributed by atoms with Crippen LogP contribution in [0.25, 0.3) is 6.08 Å². The highest BCUT2D eigenvalue weighted by atomic mass is 79.9. The smallest absolute Gasteiger partial charge is 0.338 e. The lowest BCUT2D eigenvalue weighted by Gasteiger charge is -2.27. The number of non-ortho nitro benzene ring substituents is 1. The third kappa shape index (κ3) is 5.77. The number of carbonyl (C=O) groups is 1. The van der Waals surface area contributed by atoms with Gasteiger partial charge in [-0.1, -0.05) is 40.6 Å². The van der Waals surface area contributed by atoms with E-state index in [0.29, 0.717) is 34.7 Å². The zero-order chi connectivity index (χ0) is 29.8. The van der Waals surface area contributed by atoms with Crippen LogP contribution < -0.4 is 29.1 Å². The average molecular weight is 647 g/mol. The molecular weight excluding hydrogens is 618 g/mol. The van der Waals surface area contributed by atoms with E-state index in [1.807, 2.05) is 6.92 Å². The first-order valence-electron chi connectivity index (χ1n) is 12.6. The van der Waals surface area contributed by atoms with Crippen LogP contribution in [-0.4, -0.2) is 43.4 Å². The van der Waals surface area contributed by atoms with Crippen LogP contribution in [0.4, 0.5) is 5.69 Å². The van der Waals surface area contributed by atoms with Gasteiger partial charge in [-0.3, -0.25) is 19.5 Å². The van der Waals surface area contributed by atoms with Gasteiger partial charge in [-0.2, -0.15) is 0 Å². The molecule has 4 rings (SSSR count). The summed E-state index contributed by atoms with van der Waals surface area (Å²) in [6, 6.07) is 7.00. The molecule has 0 saturated heterocycles. The Kier molecular flexibility index (Phi) is 9.28. The van der Waals surface area contributed by atoms with Crippen LogP contribution in [-0.2, 0) is 9.53 Å². The molecule has 0 unspecified atom stereocenters. The lowest BCUT2D eigenvalue weighted by Crippen LogP contribution is -2.40. The molecule has 0 bridgehead atoms. The second-order valence-electron chi connectivity index (χ2n) is 8.83. The first-order chi connectivity index (χ1) is 19.7. The molecule has 216 valence electrons. The number of hydrogen-bond acceptors (Lipinski definition) is 10. The molecule has 0 saturated carbocycles. The SMILES string of the molecule is CCCC1=C(C(=O)OCC)[C@@H](c2cc(Br)ccc2OC)n2c(s/c(=C\c3cc([N+](=O)[O-])cc(OC)c3OC)c2=O)=N1. The summed E-state index contributed by atoms with van der Waals surface area (Å²) >= 11 is 4.60. The first-order valence-corrected chi connectivity index (χ1v) is 14.3. The van der Waals surface area contributed by atoms with E-state index in [0.717, 1.165) is 15.8 Å². The summed E-state index contributed by atoms with van der Waals surface area (Å²) in [6.07, 6.45) is 2.67. The Hall–Kier alpha value is -3.97. The molecule has 13 heteroatoms. The molecule has 1 aliphatic rings. The van der Waals surface area contributed by atoms with Crippen molar-refractivity contribution in [3.63, 3.8) is 0 Å². The number of benzene rings is 2. The number of rotatable bonds is 10. The molecule has 0 radical (unpaired) electrons. The number of esters is 1. The van der Waals surface area contributed by atoms with Gasteiger partial charge in [0.15, 0.2) is 16.3 Å². The van der Waals surface area contributed by atoms with Gasteiger partial charge in [0.1, 0.15) is 11.8 Å². The van der Waals surface area contributed by atoms with Crippen LogP contribution in [0.15, 0.2) is 55.9 Å². The van der Waals surface area contributed by atoms with E-state index in [-0.39, 0.29) is 39.5 Å². The lowest BCUT2D eigenvalue weighted by molar-refractivity contribution is -0.385. The number of halogens is 1. The second-order valence-corrected chi connectivity index (χ2v) is 10.8. The van der Waals surface area contributed by atoms with Gasteiger partial charge < -0.3 is 18.9 Å². The number of hydrogen-bond donors (Lipinski definition) is 0. The van der Waals surface area contributed by atoms with Crippen molar-refractivity contribution in [1.82, 2.24) is 4.57 Å². The molecule has 0 spiro atoms. The minimum atomic E-state index is -0.900. The summed E-state index contributed by atoms with van der Waals surface area (Å²) in [5.74, 6) is 0.267. The quantitative estimate of drug-likeness (QED) is 0.181. The van der Waals surface area contributed by atoms with Gasteiger partial charge in [-0.25, -0.2) is 9.79 Å². The molecule has 11 nitrogen and oxygen atoms in total. The van der Waals surface area contributed by atoms with E-state index in [1.54, 1.807) is 25.1 Å². The zero-order valence-corrected chi connectivity index (χ0v) is 25.5. The maximum absolute atomic E-state index is 14.1. The number of nitro groups is 1. The number of allylic oxidation sites excluding steroid dienone is 1. The van der Waals surface area contributed by atoms with Crippen LogP contribution >= 0.6 is 27.3 Å². The van der Waals surface area contributed by atoms with Crippen LogP contribution in [0, 0.1) is 10.1 Å². The molecule has 0 aliphatic carbocycles. The number of methoxy groups -OCH3 is 3. The normalized spacial score (nSPS) is 14.8. The summed E-state index contributed by atoms with van der Waals surface area (Å²) < 4.78 is 24.3. The first kappa shape index (κ1) is 30.0. The number of nitro benzene ring substituents is 1. The third-order valence-corrected chi connectivity index (χ3v) is 7.84. The highest BCUT2D eigenvalue weighted by molar-refractivity contribution is 9.10. The lowest BCUT2D eigenvalue weighted by atomic mass is 9.93. The highest BCUT2D eigenvalue weighted by Crippen LogP contribution is 2.39. The minimum absolute atomic E-state index is 0.142. The van der Waals surface area contributed by atoms with Crippen LogP contribution in [0.1, 0.15) is 43.9 Å². The van der Waals surface area contributed by atoms with Crippen LogP contribution in [0.3, 0.4) is 0 Å². The Morgan fingerprint density at radius 3 is 2.49 bits per heavy atom. The van der Waals surface area contributed by atoms with Gasteiger partial charge in [0, 0.05) is 21.7 Å². The topological polar surface area (TPSA) is 131 Å². The predicted molar refractivity (Wildman–Crippen MR) is 157 cm³/mol. The molecule has 41 heavy (non-hydrogen) atoms. The molecular formula is C28H28BrN3O8S. The summed E-state index contributed by atoms with van der Waals surface area (Å²) in [7, 11) is 4.29. The van der Waals surface area contributed by atoms with Crippen LogP contribution in [0.2, 0.25) is 0 Å². The van der Waals surface area contributed by atoms with E-state index in [9.17, 15) is 19.7 Å². The standard InChI is InChI=1S/C28H28BrN3O8S/c1-6-8-19-23(27(34)40-7-2)24(18-13-16(29)9-10-20(18)37-3)31-26(33)22(41-28(31)30-19)12-15-11-17(32(35)36)14-21(38-4)25(15)39-5/h9-14,24H,6-8H2,1-5H3/b22-12-/t24-/m1/s1. The van der Waals surface area contributed by atoms with Gasteiger partial charge in [-0.05, 0) is 37.6 Å². The van der Waals surface area contributed by atoms with Crippen molar-refractivity contribution in [2.45, 2.75) is 32.7 Å². The van der Waals surface area contributed by atoms with E-state index in [2.05, 4.69) is 15.9 Å². The predicted octanol–water partition coefficient (Wildman–Crippen LogP) is 4.28. The Morgan fingerprint density at radius 1 is 1.15 bits per heavy atom. The van der Waals surface area contributed by atoms with Gasteiger partial charge in [0.05, 0.1) is 54.7 Å². The highest BCUT2D eigenvalue weighted by Gasteiger charge is 2.36. The van der Waals surface area contributed by atoms with Gasteiger partial charge >= 0.3 is 5.97 Å². The van der Waals surface area contributed by atoms with Crippen molar-refractivity contribution in [1.29, 1.82) is 0 Å². The van der Waals surface area contributed by atoms with E-state index in [1.165, 1.54) is 44.1 Å². The van der Waals surface area contributed by atoms with Crippen molar-refractivity contribution >= 4 is 45.0 Å². The molecule has 2 heterocycles. The summed E-state index contributed by atoms with van der Waals surface area (Å²) in [6.45, 7) is 3.82. The molecule has 1 atom stereocenters. The molecule has 0 N–H and O–H groups in total. The summed E-state index contributed by atoms with van der Waals surface area (Å²) in [4.78, 5) is 43.7. The molecule has 2 aromatic carbocycles. The zero-order valence-electron chi connectivity index (χ0n) is 23.1. The largest absolute Gasteiger partial charge is 0.496 e. The fourth-order valence-corrected chi connectivity index (χ4v) is 6.06. The van der Waals surface area contributed by atoms with Crippen molar-refractivity contribution < 1.29 is 28.7 Å². The van der Waals surface area contributed by atoms with Gasteiger partial charge in [0.25, 0.3) is 11.2 Å². The Balaban J connectivity index is 2.09. The maximum atomic E-state index is 14.1. The number of carbonyl (C=O) groups excluding carboxylic acids is 1. The van der Waals surface area contributed by atoms with E-state index < -0.39 is 22.5 Å². The van der Waals surface area contributed by atoms with Crippen LogP contribution in [0.5, 0.6) is 17.2 Å². The molecule has 1 aromatic heterocycles. The Labute approximate surface area is 247 Å². The maximum Gasteiger partial charge on any atom is 0.338 e. The molecule has 3 aromatic rings. The van der Waals surface area contributed by atoms with Crippen molar-refractivity contribution in [2.75, 3.05) is 27.9 Å². The molecule has 0 amide bonds. The second kappa shape index (κ2) is 12.7. The van der Waals surface area contributed by atoms with Crippen molar-refractivity contribution in [3.05, 3.63) is 87.0 Å². The van der Waals surface area contributed by atoms with E-state index in [4.69, 9.17) is 23.9 Å². The Bertz CT molecular complexity index is 1730. The molecule has 0 fully saturated rings. The summed E-state index contributed by atoms with van der Waals surface area (Å²) in [5, 5.41) is 11.6. The fraction of sp³-hybridized carbons (Fsp3) is 0.321. The fourth-order valence-electron chi connectivity index (χ4n) is 4.67.